The van der Waals surface area contributed by atoms with Crippen LogP contribution in [0.4, 0.5) is 24.3 Å². The van der Waals surface area contributed by atoms with Gasteiger partial charge in [-0.05, 0) is 48.4 Å². The maximum atomic E-state index is 9.67. The second-order valence-corrected chi connectivity index (χ2v) is 10.5. The summed E-state index contributed by atoms with van der Waals surface area (Å²) in [6.45, 7) is 9.28. The van der Waals surface area contributed by atoms with Gasteiger partial charge in [0, 0.05) is 41.6 Å². The number of likely N-dealkylation sites (N-methyl/N-ethyl adjacent to an activating group) is 1. The van der Waals surface area contributed by atoms with Gasteiger partial charge in [-0.25, -0.2) is 0 Å². The van der Waals surface area contributed by atoms with Gasteiger partial charge < -0.3 is 4.90 Å². The fraction of sp³-hybridized carbons (Fsp3) is 0.258. The van der Waals surface area contributed by atoms with Crippen LogP contribution in [0, 0.1) is 0 Å². The lowest BCUT2D eigenvalue weighted by atomic mass is 9.79. The molecule has 190 valence electrons. The van der Waals surface area contributed by atoms with Crippen LogP contribution in [0.3, 0.4) is 0 Å². The zero-order valence-electron chi connectivity index (χ0n) is 22.3. The number of hydrogen-bond acceptors (Lipinski definition) is 1. The van der Waals surface area contributed by atoms with Gasteiger partial charge in [0.25, 0.3) is 0 Å². The average Bonchev–Trinajstić information content (AvgIpc) is 3.17. The minimum absolute atomic E-state index is 0.00447. The zero-order valence-corrected chi connectivity index (χ0v) is 22.3. The molecule has 2 aliphatic heterocycles. The first kappa shape index (κ1) is 26.5. The van der Waals surface area contributed by atoms with E-state index in [9.17, 15) is 12.9 Å². The van der Waals surface area contributed by atoms with Crippen LogP contribution in [0.2, 0.25) is 0 Å². The highest BCUT2D eigenvalue weighted by Gasteiger charge is 2.44. The molecule has 0 fully saturated rings. The minimum atomic E-state index is -3.67. The third-order valence-electron chi connectivity index (χ3n) is 7.57. The third kappa shape index (κ3) is 4.77. The molecule has 0 bridgehead atoms. The monoisotopic (exact) mass is 501 g/mol. The first-order valence-corrected chi connectivity index (χ1v) is 12.4. The number of fused-ring (bicyclic) bond motifs is 4. The fourth-order valence-electron chi connectivity index (χ4n) is 5.85. The first-order valence-electron chi connectivity index (χ1n) is 12.4. The van der Waals surface area contributed by atoms with Gasteiger partial charge in [-0.2, -0.15) is 4.58 Å². The van der Waals surface area contributed by atoms with E-state index in [1.165, 1.54) is 44.7 Å². The summed E-state index contributed by atoms with van der Waals surface area (Å²) >= 11 is 0. The lowest BCUT2D eigenvalue weighted by Gasteiger charge is -2.23. The topological polar surface area (TPSA) is 6.25 Å². The number of para-hydroxylation sites is 1. The molecule has 0 amide bonds. The first-order chi connectivity index (χ1) is 17.5. The van der Waals surface area contributed by atoms with Crippen LogP contribution in [0.15, 0.2) is 96.7 Å². The van der Waals surface area contributed by atoms with Crippen LogP contribution >= 0.6 is 0 Å². The van der Waals surface area contributed by atoms with E-state index in [1.807, 2.05) is 0 Å². The molecule has 0 radical (unpaired) electrons. The van der Waals surface area contributed by atoms with Crippen molar-refractivity contribution in [3.05, 3.63) is 108 Å². The summed E-state index contributed by atoms with van der Waals surface area (Å²) in [5.41, 5.74) is 7.99. The number of hydrogen-bond donors (Lipinski definition) is 0. The summed E-state index contributed by atoms with van der Waals surface area (Å²) in [6.07, 6.45) is 11.0. The van der Waals surface area contributed by atoms with E-state index in [0.29, 0.717) is 0 Å². The molecule has 0 saturated heterocycles. The summed E-state index contributed by atoms with van der Waals surface area (Å²) in [7, 11) is 0.678. The largest absolute Gasteiger partial charge is 0.762 e. The minimum Gasteiger partial charge on any atom is -0.347 e. The molecule has 3 aromatic rings. The number of halogens is 3. The van der Waals surface area contributed by atoms with Crippen LogP contribution in [-0.4, -0.2) is 31.9 Å². The number of allylic oxidation sites excluding steroid dienone is 6. The Morgan fingerprint density at radius 1 is 0.811 bits per heavy atom. The molecule has 0 atom stereocenters. The molecule has 2 nitrogen and oxygen atoms in total. The van der Waals surface area contributed by atoms with Crippen LogP contribution in [-0.2, 0) is 10.8 Å². The van der Waals surface area contributed by atoms with Gasteiger partial charge >= 0.3 is 7.54 Å². The Balaban J connectivity index is 0.000000747. The highest BCUT2D eigenvalue weighted by molar-refractivity contribution is 6.33. The van der Waals surface area contributed by atoms with Crippen molar-refractivity contribution in [1.82, 2.24) is 0 Å². The van der Waals surface area contributed by atoms with Crippen LogP contribution in [0.5, 0.6) is 0 Å². The van der Waals surface area contributed by atoms with E-state index < -0.39 is 7.54 Å². The molecule has 3 aromatic carbocycles. The maximum Gasteiger partial charge on any atom is 0.762 e. The lowest BCUT2D eigenvalue weighted by molar-refractivity contribution is -0.401. The van der Waals surface area contributed by atoms with Crippen molar-refractivity contribution in [1.29, 1.82) is 0 Å². The van der Waals surface area contributed by atoms with Gasteiger partial charge in [0.15, 0.2) is 5.71 Å². The highest BCUT2D eigenvalue weighted by Crippen LogP contribution is 2.46. The van der Waals surface area contributed by atoms with Crippen molar-refractivity contribution in [2.24, 2.45) is 0 Å². The van der Waals surface area contributed by atoms with Crippen LogP contribution in [0.25, 0.3) is 10.8 Å². The van der Waals surface area contributed by atoms with Crippen molar-refractivity contribution in [2.75, 3.05) is 19.0 Å². The van der Waals surface area contributed by atoms with Crippen molar-refractivity contribution < 1.29 is 17.5 Å². The van der Waals surface area contributed by atoms with Crippen molar-refractivity contribution in [3.63, 3.8) is 0 Å². The summed E-state index contributed by atoms with van der Waals surface area (Å²) in [5, 5.41) is 2.65. The molecule has 0 saturated carbocycles. The Morgan fingerprint density at radius 2 is 1.46 bits per heavy atom. The summed E-state index contributed by atoms with van der Waals surface area (Å²) in [6, 6.07) is 21.9. The predicted octanol–water partition coefficient (Wildman–Crippen LogP) is 8.15. The fourth-order valence-corrected chi connectivity index (χ4v) is 5.85. The van der Waals surface area contributed by atoms with E-state index in [4.69, 9.17) is 0 Å². The van der Waals surface area contributed by atoms with Crippen LogP contribution in [0.1, 0.15) is 38.8 Å². The molecular formula is C31H33BF3N2+. The van der Waals surface area contributed by atoms with Crippen molar-refractivity contribution in [2.45, 2.75) is 38.5 Å². The molecule has 0 aliphatic carbocycles. The molecule has 0 spiro atoms. The normalized spacial score (nSPS) is 18.5. The molecule has 0 unspecified atom stereocenters. The number of anilines is 1. The third-order valence-corrected chi connectivity index (χ3v) is 7.57. The Morgan fingerprint density at radius 3 is 2.16 bits per heavy atom. The molecule has 6 heteroatoms. The van der Waals surface area contributed by atoms with Gasteiger partial charge in [-0.1, -0.05) is 74.5 Å². The quantitative estimate of drug-likeness (QED) is 0.199. The average molecular weight is 501 g/mol. The number of benzene rings is 3. The Hall–Kier alpha value is -3.54. The second kappa shape index (κ2) is 10.1. The highest BCUT2D eigenvalue weighted by atomic mass is 19.4. The number of rotatable bonds is 3. The molecule has 5 rings (SSSR count). The lowest BCUT2D eigenvalue weighted by Crippen LogP contribution is -2.26. The Bertz CT molecular complexity index is 1450. The maximum absolute atomic E-state index is 9.67. The van der Waals surface area contributed by atoms with E-state index in [0.717, 1.165) is 0 Å². The number of nitrogens with zero attached hydrogens (tertiary/aromatic N) is 2. The molecule has 0 N–H and O–H groups in total. The van der Waals surface area contributed by atoms with Gasteiger partial charge in [0.1, 0.15) is 7.05 Å². The van der Waals surface area contributed by atoms with Crippen LogP contribution < -0.4 is 4.90 Å². The molecule has 2 aliphatic rings. The summed E-state index contributed by atoms with van der Waals surface area (Å²) in [5.74, 6) is 0. The SMILES string of the molecule is CN1C(=CC=CC=CC2=[N+](C)c3ccc4ccccc4c3C2(C)C)C(C)(C)c2ccccc21.FB(F)F. The van der Waals surface area contributed by atoms with E-state index in [-0.39, 0.29) is 10.8 Å². The van der Waals surface area contributed by atoms with E-state index >= 15 is 0 Å². The summed E-state index contributed by atoms with van der Waals surface area (Å²) < 4.78 is 31.3. The molecule has 2 heterocycles. The Labute approximate surface area is 218 Å². The van der Waals surface area contributed by atoms with E-state index in [1.54, 1.807) is 0 Å². The summed E-state index contributed by atoms with van der Waals surface area (Å²) in [4.78, 5) is 2.31. The van der Waals surface area contributed by atoms with E-state index in [2.05, 4.69) is 142 Å². The zero-order chi connectivity index (χ0) is 27.0. The predicted molar refractivity (Wildman–Crippen MR) is 151 cm³/mol. The molecule has 37 heavy (non-hydrogen) atoms. The van der Waals surface area contributed by atoms with Gasteiger partial charge in [-0.3, -0.25) is 12.9 Å². The van der Waals surface area contributed by atoms with Gasteiger partial charge in [-0.15, -0.1) is 0 Å². The second-order valence-electron chi connectivity index (χ2n) is 10.5. The molecular weight excluding hydrogens is 468 g/mol. The van der Waals surface area contributed by atoms with Gasteiger partial charge in [0.05, 0.1) is 5.41 Å². The smallest absolute Gasteiger partial charge is 0.347 e. The molecule has 0 aromatic heterocycles. The van der Waals surface area contributed by atoms with Crippen molar-refractivity contribution in [3.8, 4) is 0 Å². The van der Waals surface area contributed by atoms with Crippen molar-refractivity contribution >= 4 is 35.4 Å². The Kier molecular flexibility index (Phi) is 7.23. The standard InChI is InChI=1S/C31H33N2.BF3/c1-30(2)24-16-12-13-17-25(24)32(5)27(30)18-8-7-9-19-28-31(3,4)29-23-15-11-10-14-22(23)20-21-26(29)33(28)6;2-1(3)4/h7-21H,1-6H3;/q+1;. The van der Waals surface area contributed by atoms with Gasteiger partial charge in [0.2, 0.25) is 5.69 Å².